The van der Waals surface area contributed by atoms with Gasteiger partial charge < -0.3 is 10.8 Å². The van der Waals surface area contributed by atoms with Gasteiger partial charge in [-0.05, 0) is 29.5 Å². The second kappa shape index (κ2) is 4.40. The first-order valence-corrected chi connectivity index (χ1v) is 4.82. The van der Waals surface area contributed by atoms with E-state index in [2.05, 4.69) is 4.98 Å². The Morgan fingerprint density at radius 1 is 1.53 bits per heavy atom. The molecule has 0 fully saturated rings. The summed E-state index contributed by atoms with van der Waals surface area (Å²) in [6, 6.07) is 2.94. The molecule has 0 radical (unpaired) electrons. The van der Waals surface area contributed by atoms with Crippen molar-refractivity contribution < 1.29 is 9.90 Å². The Bertz CT molecular complexity index is 336. The number of nitrogens with two attached hydrogens (primary N) is 1. The second-order valence-electron chi connectivity index (χ2n) is 4.27. The normalized spacial score (nSPS) is 13.5. The van der Waals surface area contributed by atoms with E-state index >= 15 is 0 Å². The Morgan fingerprint density at radius 3 is 2.53 bits per heavy atom. The predicted octanol–water partition coefficient (Wildman–Crippen LogP) is 1.16. The van der Waals surface area contributed by atoms with Crippen LogP contribution in [0.1, 0.15) is 25.8 Å². The Morgan fingerprint density at radius 2 is 2.07 bits per heavy atom. The van der Waals surface area contributed by atoms with Crippen molar-refractivity contribution in [1.29, 1.82) is 0 Å². The molecule has 0 aliphatic carbocycles. The zero-order valence-corrected chi connectivity index (χ0v) is 8.97. The zero-order valence-electron chi connectivity index (χ0n) is 8.97. The van der Waals surface area contributed by atoms with Crippen LogP contribution in [0.4, 0.5) is 0 Å². The minimum absolute atomic E-state index is 0.249. The van der Waals surface area contributed by atoms with Crippen LogP contribution in [-0.2, 0) is 10.2 Å². The van der Waals surface area contributed by atoms with Crippen LogP contribution >= 0.6 is 0 Å². The molecule has 1 rings (SSSR count). The highest BCUT2D eigenvalue weighted by Gasteiger charge is 2.26. The fourth-order valence-corrected chi connectivity index (χ4v) is 1.56. The number of carbonyl (C=O) groups is 1. The first-order chi connectivity index (χ1) is 6.93. The number of carboxylic acid groups (broad SMARTS) is 1. The van der Waals surface area contributed by atoms with Gasteiger partial charge in [0.15, 0.2) is 0 Å². The number of rotatable bonds is 4. The lowest BCUT2D eigenvalue weighted by Crippen LogP contribution is -2.36. The predicted molar refractivity (Wildman–Crippen MR) is 57.5 cm³/mol. The largest absolute Gasteiger partial charge is 0.480 e. The smallest absolute Gasteiger partial charge is 0.320 e. The van der Waals surface area contributed by atoms with E-state index < -0.39 is 12.0 Å². The van der Waals surface area contributed by atoms with E-state index in [4.69, 9.17) is 10.8 Å². The molecule has 1 aromatic rings. The van der Waals surface area contributed by atoms with Crippen LogP contribution in [0.25, 0.3) is 0 Å². The lowest BCUT2D eigenvalue weighted by atomic mass is 9.80. The highest BCUT2D eigenvalue weighted by molar-refractivity contribution is 5.73. The average molecular weight is 208 g/mol. The van der Waals surface area contributed by atoms with Crippen molar-refractivity contribution >= 4 is 5.97 Å². The number of aromatic nitrogens is 1. The summed E-state index contributed by atoms with van der Waals surface area (Å²) in [5, 5.41) is 8.75. The van der Waals surface area contributed by atoms with Crippen LogP contribution in [0.3, 0.4) is 0 Å². The third kappa shape index (κ3) is 3.02. The second-order valence-corrected chi connectivity index (χ2v) is 4.27. The molecule has 15 heavy (non-hydrogen) atoms. The summed E-state index contributed by atoms with van der Waals surface area (Å²) in [6.45, 7) is 3.95. The van der Waals surface area contributed by atoms with E-state index in [9.17, 15) is 4.79 Å². The lowest BCUT2D eigenvalue weighted by Gasteiger charge is -2.26. The molecule has 1 aromatic heterocycles. The molecule has 82 valence electrons. The Kier molecular flexibility index (Phi) is 3.42. The molecule has 4 nitrogen and oxygen atoms in total. The van der Waals surface area contributed by atoms with Crippen molar-refractivity contribution in [3.05, 3.63) is 30.1 Å². The maximum Gasteiger partial charge on any atom is 0.320 e. The molecule has 0 aromatic carbocycles. The standard InChI is InChI=1S/C11H16N2O2/c1-11(2,7-9(12)10(14)15)8-3-5-13-6-4-8/h3-6,9H,7,12H2,1-2H3,(H,14,15). The molecule has 0 saturated heterocycles. The average Bonchev–Trinajstić information content (AvgIpc) is 2.18. The van der Waals surface area contributed by atoms with Gasteiger partial charge in [0.1, 0.15) is 6.04 Å². The van der Waals surface area contributed by atoms with Gasteiger partial charge in [0, 0.05) is 12.4 Å². The van der Waals surface area contributed by atoms with Gasteiger partial charge in [-0.15, -0.1) is 0 Å². The molecule has 1 heterocycles. The molecule has 3 N–H and O–H groups in total. The van der Waals surface area contributed by atoms with Gasteiger partial charge >= 0.3 is 5.97 Å². The van der Waals surface area contributed by atoms with Crippen molar-refractivity contribution in [1.82, 2.24) is 4.98 Å². The monoisotopic (exact) mass is 208 g/mol. The van der Waals surface area contributed by atoms with Crippen molar-refractivity contribution in [2.45, 2.75) is 31.7 Å². The van der Waals surface area contributed by atoms with E-state index in [1.54, 1.807) is 12.4 Å². The maximum atomic E-state index is 10.7. The Hall–Kier alpha value is -1.42. The minimum Gasteiger partial charge on any atom is -0.480 e. The van der Waals surface area contributed by atoms with Gasteiger partial charge in [0.25, 0.3) is 0 Å². The summed E-state index contributed by atoms with van der Waals surface area (Å²) in [5.41, 5.74) is 6.33. The van der Waals surface area contributed by atoms with Crippen LogP contribution < -0.4 is 5.73 Å². The lowest BCUT2D eigenvalue weighted by molar-refractivity contribution is -0.139. The van der Waals surface area contributed by atoms with Crippen molar-refractivity contribution in [2.75, 3.05) is 0 Å². The Balaban J connectivity index is 2.80. The van der Waals surface area contributed by atoms with Crippen molar-refractivity contribution in [3.8, 4) is 0 Å². The minimum atomic E-state index is -0.961. The summed E-state index contributed by atoms with van der Waals surface area (Å²) in [6.07, 6.45) is 3.80. The van der Waals surface area contributed by atoms with Crippen molar-refractivity contribution in [3.63, 3.8) is 0 Å². The molecule has 0 aliphatic rings. The van der Waals surface area contributed by atoms with Crippen LogP contribution in [-0.4, -0.2) is 22.1 Å². The number of carboxylic acids is 1. The fraction of sp³-hybridized carbons (Fsp3) is 0.455. The fourth-order valence-electron chi connectivity index (χ4n) is 1.56. The van der Waals surface area contributed by atoms with Gasteiger partial charge in [-0.25, -0.2) is 0 Å². The summed E-state index contributed by atoms with van der Waals surface area (Å²) in [7, 11) is 0. The molecular formula is C11H16N2O2. The maximum absolute atomic E-state index is 10.7. The summed E-state index contributed by atoms with van der Waals surface area (Å²) >= 11 is 0. The quantitative estimate of drug-likeness (QED) is 0.778. The van der Waals surface area contributed by atoms with Gasteiger partial charge in [0.2, 0.25) is 0 Å². The number of hydrogen-bond donors (Lipinski definition) is 2. The number of nitrogens with zero attached hydrogens (tertiary/aromatic N) is 1. The van der Waals surface area contributed by atoms with E-state index in [1.807, 2.05) is 26.0 Å². The first-order valence-electron chi connectivity index (χ1n) is 4.82. The van der Waals surface area contributed by atoms with E-state index in [0.717, 1.165) is 5.56 Å². The van der Waals surface area contributed by atoms with Crippen LogP contribution in [0.2, 0.25) is 0 Å². The van der Waals surface area contributed by atoms with Gasteiger partial charge in [0.05, 0.1) is 0 Å². The summed E-state index contributed by atoms with van der Waals surface area (Å²) in [5.74, 6) is -0.961. The van der Waals surface area contributed by atoms with E-state index in [-0.39, 0.29) is 5.41 Å². The molecule has 0 saturated carbocycles. The molecule has 0 aliphatic heterocycles. The van der Waals surface area contributed by atoms with Crippen LogP contribution in [0.5, 0.6) is 0 Å². The van der Waals surface area contributed by atoms with E-state index in [0.29, 0.717) is 6.42 Å². The molecule has 0 spiro atoms. The molecule has 1 atom stereocenters. The molecule has 4 heteroatoms. The number of pyridine rings is 1. The number of aliphatic carboxylic acids is 1. The van der Waals surface area contributed by atoms with Crippen LogP contribution in [0, 0.1) is 0 Å². The summed E-state index contributed by atoms with van der Waals surface area (Å²) < 4.78 is 0. The van der Waals surface area contributed by atoms with Gasteiger partial charge in [-0.1, -0.05) is 13.8 Å². The molecule has 0 bridgehead atoms. The highest BCUT2D eigenvalue weighted by Crippen LogP contribution is 2.27. The van der Waals surface area contributed by atoms with Crippen LogP contribution in [0.15, 0.2) is 24.5 Å². The topological polar surface area (TPSA) is 76.2 Å². The van der Waals surface area contributed by atoms with E-state index in [1.165, 1.54) is 0 Å². The van der Waals surface area contributed by atoms with Gasteiger partial charge in [-0.2, -0.15) is 0 Å². The van der Waals surface area contributed by atoms with Crippen molar-refractivity contribution in [2.24, 2.45) is 5.73 Å². The molecular weight excluding hydrogens is 192 g/mol. The Labute approximate surface area is 89.1 Å². The first kappa shape index (κ1) is 11.7. The highest BCUT2D eigenvalue weighted by atomic mass is 16.4. The molecule has 1 unspecified atom stereocenters. The zero-order chi connectivity index (χ0) is 11.5. The number of hydrogen-bond acceptors (Lipinski definition) is 3. The summed E-state index contributed by atoms with van der Waals surface area (Å²) in [4.78, 5) is 14.6. The third-order valence-electron chi connectivity index (χ3n) is 2.51. The van der Waals surface area contributed by atoms with Gasteiger partial charge in [-0.3, -0.25) is 9.78 Å². The SMILES string of the molecule is CC(C)(CC(N)C(=O)O)c1ccncc1. The molecule has 0 amide bonds. The third-order valence-corrected chi connectivity index (χ3v) is 2.51.